The first-order valence-electron chi connectivity index (χ1n) is 11.5. The summed E-state index contributed by atoms with van der Waals surface area (Å²) in [5.74, 6) is 1.83. The molecule has 170 valence electrons. The molecule has 1 aliphatic rings. The Morgan fingerprint density at radius 1 is 0.935 bits per heavy atom. The van der Waals surface area contributed by atoms with Gasteiger partial charge in [-0.25, -0.2) is 0 Å². The zero-order valence-corrected chi connectivity index (χ0v) is 20.1. The molecule has 31 heavy (non-hydrogen) atoms. The molecule has 4 heteroatoms. The summed E-state index contributed by atoms with van der Waals surface area (Å²) >= 11 is 0. The van der Waals surface area contributed by atoms with Crippen LogP contribution in [0.25, 0.3) is 0 Å². The van der Waals surface area contributed by atoms with Crippen molar-refractivity contribution in [3.8, 4) is 11.5 Å². The summed E-state index contributed by atoms with van der Waals surface area (Å²) < 4.78 is 17.9. The second-order valence-electron chi connectivity index (χ2n) is 10.4. The molecular weight excluding hydrogens is 386 g/mol. The number of rotatable bonds is 8. The van der Waals surface area contributed by atoms with Crippen LogP contribution in [0, 0.1) is 0 Å². The molecule has 4 nitrogen and oxygen atoms in total. The third kappa shape index (κ3) is 6.64. The van der Waals surface area contributed by atoms with Crippen LogP contribution in [-0.4, -0.2) is 32.5 Å². The van der Waals surface area contributed by atoms with E-state index in [4.69, 9.17) is 14.2 Å². The molecule has 1 atom stereocenters. The van der Waals surface area contributed by atoms with Gasteiger partial charge in [0.2, 0.25) is 0 Å². The molecule has 0 amide bonds. The predicted octanol–water partition coefficient (Wildman–Crippen LogP) is 6.33. The van der Waals surface area contributed by atoms with E-state index < -0.39 is 0 Å². The van der Waals surface area contributed by atoms with Crippen molar-refractivity contribution in [2.24, 2.45) is 0 Å². The van der Waals surface area contributed by atoms with Crippen molar-refractivity contribution >= 4 is 5.69 Å². The summed E-state index contributed by atoms with van der Waals surface area (Å²) in [5, 5.41) is 3.46. The highest BCUT2D eigenvalue weighted by molar-refractivity contribution is 5.56. The van der Waals surface area contributed by atoms with Crippen LogP contribution in [0.3, 0.4) is 0 Å². The molecule has 1 heterocycles. The zero-order chi connectivity index (χ0) is 22.5. The largest absolute Gasteiger partial charge is 0.491 e. The Bertz CT molecular complexity index is 842. The first-order valence-corrected chi connectivity index (χ1v) is 11.5. The molecule has 1 aliphatic heterocycles. The topological polar surface area (TPSA) is 39.7 Å². The molecule has 2 aromatic carbocycles. The Balaban J connectivity index is 1.58. The molecule has 3 rings (SSSR count). The van der Waals surface area contributed by atoms with Crippen molar-refractivity contribution in [2.45, 2.75) is 71.3 Å². The summed E-state index contributed by atoms with van der Waals surface area (Å²) in [7, 11) is 0. The Kier molecular flexibility index (Phi) is 7.53. The number of hydrogen-bond acceptors (Lipinski definition) is 4. The molecular formula is C27H39NO3. The van der Waals surface area contributed by atoms with E-state index >= 15 is 0 Å². The normalized spacial score (nSPS) is 16.9. The second kappa shape index (κ2) is 9.95. The van der Waals surface area contributed by atoms with E-state index in [-0.39, 0.29) is 16.9 Å². The first kappa shape index (κ1) is 23.5. The number of benzene rings is 2. The maximum Gasteiger partial charge on any atom is 0.142 e. The van der Waals surface area contributed by atoms with Crippen molar-refractivity contribution in [3.05, 3.63) is 53.6 Å². The van der Waals surface area contributed by atoms with Crippen molar-refractivity contribution in [2.75, 3.05) is 31.7 Å². The quantitative estimate of drug-likeness (QED) is 0.502. The Morgan fingerprint density at radius 3 is 2.39 bits per heavy atom. The number of ether oxygens (including phenoxy) is 3. The summed E-state index contributed by atoms with van der Waals surface area (Å²) in [4.78, 5) is 0. The number of anilines is 1. The smallest absolute Gasteiger partial charge is 0.142 e. The molecule has 0 bridgehead atoms. The molecule has 0 saturated carbocycles. The van der Waals surface area contributed by atoms with Gasteiger partial charge >= 0.3 is 0 Å². The van der Waals surface area contributed by atoms with Crippen LogP contribution in [-0.2, 0) is 15.6 Å². The van der Waals surface area contributed by atoms with E-state index in [9.17, 15) is 0 Å². The maximum absolute atomic E-state index is 6.21. The lowest BCUT2D eigenvalue weighted by molar-refractivity contribution is 0.0682. The minimum Gasteiger partial charge on any atom is -0.491 e. The van der Waals surface area contributed by atoms with E-state index in [1.165, 1.54) is 11.1 Å². The first-order chi connectivity index (χ1) is 14.6. The molecule has 2 aromatic rings. The number of para-hydroxylation sites is 2. The van der Waals surface area contributed by atoms with Crippen LogP contribution in [0.2, 0.25) is 0 Å². The van der Waals surface area contributed by atoms with Crippen LogP contribution in [0.4, 0.5) is 5.69 Å². The van der Waals surface area contributed by atoms with Gasteiger partial charge in [-0.1, -0.05) is 65.8 Å². The van der Waals surface area contributed by atoms with Gasteiger partial charge in [0, 0.05) is 13.2 Å². The van der Waals surface area contributed by atoms with Crippen molar-refractivity contribution < 1.29 is 14.2 Å². The molecule has 0 aliphatic carbocycles. The van der Waals surface area contributed by atoms with Gasteiger partial charge in [-0.15, -0.1) is 0 Å². The average molecular weight is 426 g/mol. The van der Waals surface area contributed by atoms with Crippen LogP contribution in [0.1, 0.15) is 65.5 Å². The standard InChI is InChI=1S/C27H39NO3/c1-26(2,3)20-13-14-24(22(18-20)27(4,5)6)30-17-15-28-23-11-7-8-12-25(23)31-19-21-10-9-16-29-21/h7-8,11-14,18,21,28H,9-10,15-17,19H2,1-6H3. The van der Waals surface area contributed by atoms with Gasteiger partial charge in [-0.3, -0.25) is 0 Å². The van der Waals surface area contributed by atoms with Crippen LogP contribution >= 0.6 is 0 Å². The fourth-order valence-corrected chi connectivity index (χ4v) is 3.75. The Morgan fingerprint density at radius 2 is 1.71 bits per heavy atom. The lowest BCUT2D eigenvalue weighted by Crippen LogP contribution is -2.19. The summed E-state index contributed by atoms with van der Waals surface area (Å²) in [6.45, 7) is 16.2. The van der Waals surface area contributed by atoms with Crippen molar-refractivity contribution in [3.63, 3.8) is 0 Å². The highest BCUT2D eigenvalue weighted by Gasteiger charge is 2.23. The Labute approximate surface area is 188 Å². The molecule has 1 N–H and O–H groups in total. The number of nitrogens with one attached hydrogen (secondary N) is 1. The van der Waals surface area contributed by atoms with Gasteiger partial charge < -0.3 is 19.5 Å². The van der Waals surface area contributed by atoms with Gasteiger partial charge in [0.25, 0.3) is 0 Å². The van der Waals surface area contributed by atoms with Gasteiger partial charge in [0.15, 0.2) is 0 Å². The average Bonchev–Trinajstić information content (AvgIpc) is 3.22. The Hall–Kier alpha value is -2.20. The van der Waals surface area contributed by atoms with E-state index in [0.29, 0.717) is 19.8 Å². The van der Waals surface area contributed by atoms with Gasteiger partial charge in [0.1, 0.15) is 24.7 Å². The maximum atomic E-state index is 6.21. The fraction of sp³-hybridized carbons (Fsp3) is 0.556. The molecule has 1 unspecified atom stereocenters. The molecule has 0 aromatic heterocycles. The monoisotopic (exact) mass is 425 g/mol. The van der Waals surface area contributed by atoms with Crippen LogP contribution in [0.5, 0.6) is 11.5 Å². The third-order valence-electron chi connectivity index (χ3n) is 5.66. The van der Waals surface area contributed by atoms with Crippen LogP contribution < -0.4 is 14.8 Å². The summed E-state index contributed by atoms with van der Waals surface area (Å²) in [6.07, 6.45) is 2.41. The predicted molar refractivity (Wildman–Crippen MR) is 129 cm³/mol. The second-order valence-corrected chi connectivity index (χ2v) is 10.4. The fourth-order valence-electron chi connectivity index (χ4n) is 3.75. The van der Waals surface area contributed by atoms with Gasteiger partial charge in [-0.05, 0) is 53.0 Å². The minimum atomic E-state index is 0.0206. The third-order valence-corrected chi connectivity index (χ3v) is 5.66. The molecule has 0 spiro atoms. The van der Waals surface area contributed by atoms with E-state index in [1.54, 1.807) is 0 Å². The zero-order valence-electron chi connectivity index (χ0n) is 20.1. The molecule has 1 saturated heterocycles. The van der Waals surface area contributed by atoms with E-state index in [2.05, 4.69) is 65.1 Å². The highest BCUT2D eigenvalue weighted by Crippen LogP contribution is 2.35. The van der Waals surface area contributed by atoms with Crippen molar-refractivity contribution in [1.82, 2.24) is 0 Å². The van der Waals surface area contributed by atoms with E-state index in [0.717, 1.165) is 36.6 Å². The van der Waals surface area contributed by atoms with Crippen LogP contribution in [0.15, 0.2) is 42.5 Å². The SMILES string of the molecule is CC(C)(C)c1ccc(OCCNc2ccccc2OCC2CCCO2)c(C(C)(C)C)c1. The number of hydrogen-bond donors (Lipinski definition) is 1. The van der Waals surface area contributed by atoms with Gasteiger partial charge in [0.05, 0.1) is 11.8 Å². The van der Waals surface area contributed by atoms with E-state index in [1.807, 2.05) is 24.3 Å². The minimum absolute atomic E-state index is 0.0206. The molecule has 0 radical (unpaired) electrons. The van der Waals surface area contributed by atoms with Gasteiger partial charge in [-0.2, -0.15) is 0 Å². The van der Waals surface area contributed by atoms with Crippen molar-refractivity contribution in [1.29, 1.82) is 0 Å². The summed E-state index contributed by atoms with van der Waals surface area (Å²) in [6, 6.07) is 14.7. The lowest BCUT2D eigenvalue weighted by Gasteiger charge is -2.27. The highest BCUT2D eigenvalue weighted by atomic mass is 16.5. The summed E-state index contributed by atoms with van der Waals surface area (Å²) in [5.41, 5.74) is 3.71. The lowest BCUT2D eigenvalue weighted by atomic mass is 9.80. The molecule has 1 fully saturated rings.